The minimum absolute atomic E-state index is 0.920. The van der Waals surface area contributed by atoms with Crippen molar-refractivity contribution in [2.24, 2.45) is 0 Å². The summed E-state index contributed by atoms with van der Waals surface area (Å²) in [7, 11) is 0. The molecular weight excluding hydrogens is 711 g/mol. The highest BCUT2D eigenvalue weighted by molar-refractivity contribution is 7.26. The van der Waals surface area contributed by atoms with Crippen molar-refractivity contribution >= 4 is 70.5 Å². The second kappa shape index (κ2) is 13.8. The molecule has 0 aliphatic heterocycles. The van der Waals surface area contributed by atoms with Gasteiger partial charge in [-0.3, -0.25) is 0 Å². The lowest BCUT2D eigenvalue weighted by molar-refractivity contribution is 0.674. The first kappa shape index (κ1) is 33.2. The van der Waals surface area contributed by atoms with E-state index in [4.69, 9.17) is 4.42 Å². The predicted octanol–water partition coefficient (Wildman–Crippen LogP) is 16.1. The standard InChI is InChI=1S/C54H35NOS/c1-3-10-36(11-4-1)38-18-20-39(21-19-38)41-24-30-44(31-25-41)55(43-28-22-40(23-29-43)37-12-5-2-6-13-37)45-32-26-42(27-33-45)46-15-9-16-47-48-34-35-51-52(54(48)56-53(46)47)49-14-7-8-17-50(49)57-51/h1-35H. The largest absolute Gasteiger partial charge is 0.455 e. The highest BCUT2D eigenvalue weighted by Crippen LogP contribution is 2.44. The van der Waals surface area contributed by atoms with Crippen LogP contribution >= 0.6 is 11.3 Å². The minimum atomic E-state index is 0.920. The second-order valence-corrected chi connectivity index (χ2v) is 15.6. The molecule has 0 fully saturated rings. The fourth-order valence-corrected chi connectivity index (χ4v) is 9.36. The quantitative estimate of drug-likeness (QED) is 0.162. The Balaban J connectivity index is 0.970. The summed E-state index contributed by atoms with van der Waals surface area (Å²) in [5.41, 5.74) is 14.6. The van der Waals surface area contributed by atoms with E-state index in [9.17, 15) is 0 Å². The first-order valence-corrected chi connectivity index (χ1v) is 20.1. The van der Waals surface area contributed by atoms with E-state index in [0.29, 0.717) is 0 Å². The molecule has 2 aromatic heterocycles. The molecule has 0 unspecified atom stereocenters. The van der Waals surface area contributed by atoms with E-state index in [-0.39, 0.29) is 0 Å². The lowest BCUT2D eigenvalue weighted by Gasteiger charge is -2.26. The van der Waals surface area contributed by atoms with Gasteiger partial charge in [0.2, 0.25) is 0 Å². The van der Waals surface area contributed by atoms with E-state index in [2.05, 4.69) is 217 Å². The van der Waals surface area contributed by atoms with Gasteiger partial charge in [0.05, 0.1) is 0 Å². The Labute approximate surface area is 335 Å². The van der Waals surface area contributed by atoms with Crippen molar-refractivity contribution in [3.63, 3.8) is 0 Å². The number of benzene rings is 9. The van der Waals surface area contributed by atoms with Crippen LogP contribution in [0.4, 0.5) is 17.1 Å². The Hall–Kier alpha value is -7.20. The van der Waals surface area contributed by atoms with Crippen molar-refractivity contribution < 1.29 is 4.42 Å². The maximum atomic E-state index is 6.85. The summed E-state index contributed by atoms with van der Waals surface area (Å²) in [5, 5.41) is 4.74. The van der Waals surface area contributed by atoms with Crippen LogP contribution in [-0.2, 0) is 0 Å². The van der Waals surface area contributed by atoms with E-state index in [1.807, 2.05) is 11.3 Å². The van der Waals surface area contributed by atoms with Crippen molar-refractivity contribution in [3.05, 3.63) is 212 Å². The normalized spacial score (nSPS) is 11.5. The molecule has 57 heavy (non-hydrogen) atoms. The molecule has 0 aliphatic rings. The third-order valence-corrected chi connectivity index (χ3v) is 12.3. The number of fused-ring (bicyclic) bond motifs is 7. The minimum Gasteiger partial charge on any atom is -0.455 e. The van der Waals surface area contributed by atoms with E-state index >= 15 is 0 Å². The van der Waals surface area contributed by atoms with Crippen molar-refractivity contribution in [2.75, 3.05) is 4.90 Å². The van der Waals surface area contributed by atoms with Crippen LogP contribution in [0.1, 0.15) is 0 Å². The van der Waals surface area contributed by atoms with Gasteiger partial charge in [-0.25, -0.2) is 0 Å². The Kier molecular flexibility index (Phi) is 8.04. The van der Waals surface area contributed by atoms with Gasteiger partial charge in [-0.05, 0) is 93.5 Å². The zero-order valence-electron chi connectivity index (χ0n) is 31.0. The second-order valence-electron chi connectivity index (χ2n) is 14.5. The molecule has 2 heterocycles. The van der Waals surface area contributed by atoms with Crippen LogP contribution in [0, 0.1) is 0 Å². The number of furan rings is 1. The molecule has 3 heteroatoms. The van der Waals surface area contributed by atoms with Crippen LogP contribution in [0.5, 0.6) is 0 Å². The zero-order valence-corrected chi connectivity index (χ0v) is 31.8. The van der Waals surface area contributed by atoms with Crippen molar-refractivity contribution in [3.8, 4) is 44.5 Å². The number of hydrogen-bond donors (Lipinski definition) is 0. The fraction of sp³-hybridized carbons (Fsp3) is 0. The molecule has 11 aromatic rings. The number of para-hydroxylation sites is 1. The average molecular weight is 746 g/mol. The molecule has 0 aliphatic carbocycles. The van der Waals surface area contributed by atoms with Crippen LogP contribution in [0.3, 0.4) is 0 Å². The molecule has 0 saturated heterocycles. The summed E-state index contributed by atoms with van der Waals surface area (Å²) in [6, 6.07) is 76.2. The smallest absolute Gasteiger partial charge is 0.144 e. The summed E-state index contributed by atoms with van der Waals surface area (Å²) in [6.07, 6.45) is 0. The van der Waals surface area contributed by atoms with Gasteiger partial charge in [0.15, 0.2) is 0 Å². The third kappa shape index (κ3) is 5.88. The van der Waals surface area contributed by atoms with E-state index in [0.717, 1.165) is 50.1 Å². The highest BCUT2D eigenvalue weighted by Gasteiger charge is 2.18. The Morgan fingerprint density at radius 1 is 0.298 bits per heavy atom. The monoisotopic (exact) mass is 745 g/mol. The number of anilines is 3. The van der Waals surface area contributed by atoms with E-state index in [1.165, 1.54) is 53.6 Å². The SMILES string of the molecule is c1ccc(-c2ccc(-c3ccc(N(c4ccc(-c5ccccc5)cc4)c4ccc(-c5cccc6c5oc5c6ccc6sc7ccccc7c65)cc4)cc3)cc2)cc1. The molecule has 9 aromatic carbocycles. The lowest BCUT2D eigenvalue weighted by atomic mass is 9.99. The number of thiophene rings is 1. The van der Waals surface area contributed by atoms with Crippen LogP contribution in [0.2, 0.25) is 0 Å². The maximum Gasteiger partial charge on any atom is 0.144 e. The van der Waals surface area contributed by atoms with Gasteiger partial charge in [0, 0.05) is 53.6 Å². The molecule has 0 radical (unpaired) electrons. The van der Waals surface area contributed by atoms with Gasteiger partial charge in [0.25, 0.3) is 0 Å². The topological polar surface area (TPSA) is 16.4 Å². The molecule has 0 saturated carbocycles. The summed E-state index contributed by atoms with van der Waals surface area (Å²) < 4.78 is 9.38. The molecule has 0 atom stereocenters. The Morgan fingerprint density at radius 2 is 0.737 bits per heavy atom. The molecule has 0 spiro atoms. The van der Waals surface area contributed by atoms with Crippen molar-refractivity contribution in [1.82, 2.24) is 0 Å². The number of hydrogen-bond acceptors (Lipinski definition) is 3. The molecule has 0 amide bonds. The molecule has 0 N–H and O–H groups in total. The van der Waals surface area contributed by atoms with E-state index < -0.39 is 0 Å². The van der Waals surface area contributed by atoms with Crippen molar-refractivity contribution in [1.29, 1.82) is 0 Å². The van der Waals surface area contributed by atoms with Gasteiger partial charge < -0.3 is 9.32 Å². The summed E-state index contributed by atoms with van der Waals surface area (Å²) in [5.74, 6) is 0. The zero-order chi connectivity index (χ0) is 37.7. The summed E-state index contributed by atoms with van der Waals surface area (Å²) in [6.45, 7) is 0. The molecular formula is C54H35NOS. The third-order valence-electron chi connectivity index (χ3n) is 11.1. The molecule has 11 rings (SSSR count). The highest BCUT2D eigenvalue weighted by atomic mass is 32.1. The van der Waals surface area contributed by atoms with Gasteiger partial charge >= 0.3 is 0 Å². The molecule has 2 nitrogen and oxygen atoms in total. The number of rotatable bonds is 7. The molecule has 0 bridgehead atoms. The Morgan fingerprint density at radius 3 is 1.30 bits per heavy atom. The Bertz CT molecular complexity index is 3180. The van der Waals surface area contributed by atoms with Gasteiger partial charge in [-0.15, -0.1) is 11.3 Å². The maximum absolute atomic E-state index is 6.85. The number of nitrogens with zero attached hydrogens (tertiary/aromatic N) is 1. The van der Waals surface area contributed by atoms with E-state index in [1.54, 1.807) is 0 Å². The summed E-state index contributed by atoms with van der Waals surface area (Å²) >= 11 is 1.82. The van der Waals surface area contributed by atoms with Gasteiger partial charge in [-0.1, -0.05) is 158 Å². The predicted molar refractivity (Wildman–Crippen MR) is 243 cm³/mol. The lowest BCUT2D eigenvalue weighted by Crippen LogP contribution is -2.09. The van der Waals surface area contributed by atoms with Crippen molar-refractivity contribution in [2.45, 2.75) is 0 Å². The first-order valence-electron chi connectivity index (χ1n) is 19.3. The van der Waals surface area contributed by atoms with Crippen LogP contribution < -0.4 is 4.90 Å². The van der Waals surface area contributed by atoms with Crippen LogP contribution in [-0.4, -0.2) is 0 Å². The first-order chi connectivity index (χ1) is 28.2. The van der Waals surface area contributed by atoms with Crippen LogP contribution in [0.15, 0.2) is 217 Å². The van der Waals surface area contributed by atoms with Gasteiger partial charge in [-0.2, -0.15) is 0 Å². The van der Waals surface area contributed by atoms with Crippen LogP contribution in [0.25, 0.3) is 86.6 Å². The molecule has 268 valence electrons. The fourth-order valence-electron chi connectivity index (χ4n) is 8.25. The van der Waals surface area contributed by atoms with Gasteiger partial charge in [0.1, 0.15) is 11.2 Å². The average Bonchev–Trinajstić information content (AvgIpc) is 3.87. The summed E-state index contributed by atoms with van der Waals surface area (Å²) in [4.78, 5) is 2.33.